The molecule has 1 N–H and O–H groups in total. The van der Waals surface area contributed by atoms with Crippen LogP contribution in [0, 0.1) is 0 Å². The molecule has 0 fully saturated rings. The quantitative estimate of drug-likeness (QED) is 0.766. The van der Waals surface area contributed by atoms with Gasteiger partial charge < -0.3 is 24.4 Å². The second-order valence-corrected chi connectivity index (χ2v) is 7.56. The summed E-state index contributed by atoms with van der Waals surface area (Å²) >= 11 is 0. The summed E-state index contributed by atoms with van der Waals surface area (Å²) in [5, 5.41) is 10.1. The minimum atomic E-state index is -0.370. The predicted octanol–water partition coefficient (Wildman–Crippen LogP) is 4.38. The molecule has 160 valence electrons. The van der Waals surface area contributed by atoms with Crippen LogP contribution in [0.4, 0.5) is 4.79 Å². The van der Waals surface area contributed by atoms with Crippen molar-refractivity contribution in [3.8, 4) is 17.2 Å². The number of hydrogen-bond acceptors (Lipinski definition) is 5. The van der Waals surface area contributed by atoms with Gasteiger partial charge >= 0.3 is 6.09 Å². The van der Waals surface area contributed by atoms with Crippen molar-refractivity contribution in [2.45, 2.75) is 20.3 Å². The number of hydrogen-bond donors (Lipinski definition) is 1. The van der Waals surface area contributed by atoms with E-state index in [-0.39, 0.29) is 11.8 Å². The van der Waals surface area contributed by atoms with Crippen molar-refractivity contribution in [2.24, 2.45) is 0 Å². The molecule has 2 aromatic carbocycles. The average molecular weight is 411 g/mol. The molecule has 0 aliphatic carbocycles. The van der Waals surface area contributed by atoms with Crippen LogP contribution in [0.1, 0.15) is 31.4 Å². The van der Waals surface area contributed by atoms with Gasteiger partial charge in [0.25, 0.3) is 0 Å². The number of likely N-dealkylation sites (N-methyl/N-ethyl adjacent to an activating group) is 1. The fourth-order valence-corrected chi connectivity index (χ4v) is 3.70. The van der Waals surface area contributed by atoms with Crippen LogP contribution in [0.25, 0.3) is 5.57 Å². The van der Waals surface area contributed by atoms with E-state index < -0.39 is 0 Å². The zero-order valence-electron chi connectivity index (χ0n) is 18.1. The number of carbonyl (C=O) groups is 1. The molecule has 0 aromatic heterocycles. The third-order valence-electron chi connectivity index (χ3n) is 5.10. The van der Waals surface area contributed by atoms with E-state index in [1.165, 1.54) is 5.57 Å². The topological polar surface area (TPSA) is 62.2 Å². The average Bonchev–Trinajstić information content (AvgIpc) is 2.87. The van der Waals surface area contributed by atoms with Crippen molar-refractivity contribution in [1.82, 2.24) is 9.80 Å². The van der Waals surface area contributed by atoms with Gasteiger partial charge in [-0.05, 0) is 75.0 Å². The highest BCUT2D eigenvalue weighted by molar-refractivity contribution is 5.87. The first kappa shape index (κ1) is 21.7. The van der Waals surface area contributed by atoms with E-state index in [4.69, 9.17) is 9.47 Å². The van der Waals surface area contributed by atoms with Crippen LogP contribution in [0.15, 0.2) is 48.0 Å². The number of nitrogens with zero attached hydrogens (tertiary/aromatic N) is 2. The Labute approximate surface area is 178 Å². The third-order valence-corrected chi connectivity index (χ3v) is 5.10. The Balaban J connectivity index is 2.10. The maximum Gasteiger partial charge on any atom is 0.415 e. The first-order valence-corrected chi connectivity index (χ1v) is 10.3. The molecular formula is C24H30N2O4. The van der Waals surface area contributed by atoms with Crippen molar-refractivity contribution in [2.75, 3.05) is 40.3 Å². The maximum atomic E-state index is 12.4. The van der Waals surface area contributed by atoms with E-state index >= 15 is 0 Å². The third kappa shape index (κ3) is 4.94. The van der Waals surface area contributed by atoms with Crippen LogP contribution in [0.5, 0.6) is 17.2 Å². The number of phenols is 1. The number of rotatable bonds is 6. The van der Waals surface area contributed by atoms with Gasteiger partial charge in [-0.2, -0.15) is 0 Å². The fourth-order valence-electron chi connectivity index (χ4n) is 3.70. The highest BCUT2D eigenvalue weighted by Gasteiger charge is 2.22. The first-order chi connectivity index (χ1) is 14.4. The molecule has 1 aliphatic heterocycles. The monoisotopic (exact) mass is 410 g/mol. The van der Waals surface area contributed by atoms with E-state index in [2.05, 4.69) is 4.90 Å². The lowest BCUT2D eigenvalue weighted by atomic mass is 9.91. The van der Waals surface area contributed by atoms with Crippen molar-refractivity contribution in [1.29, 1.82) is 0 Å². The van der Waals surface area contributed by atoms with Gasteiger partial charge in [-0.3, -0.25) is 0 Å². The number of benzene rings is 2. The lowest BCUT2D eigenvalue weighted by Gasteiger charge is -2.20. The molecule has 1 aliphatic rings. The summed E-state index contributed by atoms with van der Waals surface area (Å²) in [5.41, 5.74) is 3.98. The van der Waals surface area contributed by atoms with Crippen LogP contribution < -0.4 is 9.47 Å². The minimum absolute atomic E-state index is 0.208. The van der Waals surface area contributed by atoms with Crippen LogP contribution in [0.2, 0.25) is 0 Å². The number of fused-ring (bicyclic) bond motifs is 1. The molecule has 6 heteroatoms. The molecular weight excluding hydrogens is 380 g/mol. The molecule has 0 saturated carbocycles. The first-order valence-electron chi connectivity index (χ1n) is 10.3. The summed E-state index contributed by atoms with van der Waals surface area (Å²) in [5.74, 6) is 1.42. The highest BCUT2D eigenvalue weighted by atomic mass is 16.6. The lowest BCUT2D eigenvalue weighted by molar-refractivity contribution is 0.157. The summed E-state index contributed by atoms with van der Waals surface area (Å²) in [6.45, 7) is 6.35. The van der Waals surface area contributed by atoms with Gasteiger partial charge in [-0.15, -0.1) is 0 Å². The van der Waals surface area contributed by atoms with E-state index in [0.29, 0.717) is 25.4 Å². The number of aromatic hydroxyl groups is 1. The molecule has 0 radical (unpaired) electrons. The summed E-state index contributed by atoms with van der Waals surface area (Å²) in [6.07, 6.45) is 0.401. The van der Waals surface area contributed by atoms with Crippen LogP contribution in [-0.2, 0) is 0 Å². The molecule has 1 amide bonds. The van der Waals surface area contributed by atoms with Gasteiger partial charge in [0, 0.05) is 31.6 Å². The number of phenolic OH excluding ortho intramolecular Hbond substituents is 1. The van der Waals surface area contributed by atoms with E-state index in [1.807, 2.05) is 52.2 Å². The second-order valence-electron chi connectivity index (χ2n) is 7.56. The van der Waals surface area contributed by atoms with Gasteiger partial charge in [0.2, 0.25) is 0 Å². The molecule has 0 spiro atoms. The molecule has 2 aromatic rings. The van der Waals surface area contributed by atoms with E-state index in [9.17, 15) is 9.90 Å². The Hall–Kier alpha value is -2.99. The van der Waals surface area contributed by atoms with Crippen molar-refractivity contribution in [3.05, 3.63) is 59.2 Å². The van der Waals surface area contributed by atoms with Crippen LogP contribution >= 0.6 is 0 Å². The summed E-state index contributed by atoms with van der Waals surface area (Å²) < 4.78 is 11.7. The number of ether oxygens (including phenoxy) is 2. The summed E-state index contributed by atoms with van der Waals surface area (Å²) in [7, 11) is 4.06. The number of amides is 1. The Bertz CT molecular complexity index is 933. The maximum absolute atomic E-state index is 12.4. The van der Waals surface area contributed by atoms with E-state index in [0.717, 1.165) is 35.4 Å². The van der Waals surface area contributed by atoms with Gasteiger partial charge in [-0.25, -0.2) is 4.79 Å². The molecule has 30 heavy (non-hydrogen) atoms. The fraction of sp³-hybridized carbons (Fsp3) is 0.375. The molecule has 1 heterocycles. The van der Waals surface area contributed by atoms with E-state index in [1.54, 1.807) is 23.1 Å². The molecule has 0 unspecified atom stereocenters. The van der Waals surface area contributed by atoms with Crippen LogP contribution in [-0.4, -0.2) is 61.3 Å². The summed E-state index contributed by atoms with van der Waals surface area (Å²) in [4.78, 5) is 16.2. The molecule has 0 bridgehead atoms. The lowest BCUT2D eigenvalue weighted by Crippen LogP contribution is -2.33. The van der Waals surface area contributed by atoms with Crippen molar-refractivity contribution >= 4 is 11.7 Å². The second kappa shape index (κ2) is 9.67. The molecule has 0 saturated heterocycles. The predicted molar refractivity (Wildman–Crippen MR) is 118 cm³/mol. The largest absolute Gasteiger partial charge is 0.508 e. The van der Waals surface area contributed by atoms with Crippen molar-refractivity contribution < 1.29 is 19.4 Å². The minimum Gasteiger partial charge on any atom is -0.508 e. The standard InChI is InChI=1S/C24H30N2O4/c1-5-26(6-2)24(28)30-20-10-11-22-21(15-20)23(17-8-7-9-19(27)14-17)18(12-13-29-22)16-25(3)4/h7-11,14-15,27H,5-6,12-13,16H2,1-4H3. The molecule has 0 atom stereocenters. The van der Waals surface area contributed by atoms with Crippen molar-refractivity contribution in [3.63, 3.8) is 0 Å². The molecule has 6 nitrogen and oxygen atoms in total. The number of carbonyl (C=O) groups excluding carboxylic acids is 1. The SMILES string of the molecule is CCN(CC)C(=O)Oc1ccc2c(c1)C(c1cccc(O)c1)=C(CN(C)C)CCO2. The Kier molecular flexibility index (Phi) is 7.00. The normalized spacial score (nSPS) is 13.5. The summed E-state index contributed by atoms with van der Waals surface area (Å²) in [6, 6.07) is 12.7. The van der Waals surface area contributed by atoms with Crippen LogP contribution in [0.3, 0.4) is 0 Å². The molecule has 3 rings (SSSR count). The highest BCUT2D eigenvalue weighted by Crippen LogP contribution is 2.40. The Morgan fingerprint density at radius 3 is 2.57 bits per heavy atom. The van der Waals surface area contributed by atoms with Gasteiger partial charge in [0.1, 0.15) is 17.2 Å². The van der Waals surface area contributed by atoms with Gasteiger partial charge in [0.05, 0.1) is 6.61 Å². The Morgan fingerprint density at radius 1 is 1.13 bits per heavy atom. The van der Waals surface area contributed by atoms with Gasteiger partial charge in [0.15, 0.2) is 0 Å². The zero-order chi connectivity index (χ0) is 21.7. The smallest absolute Gasteiger partial charge is 0.415 e. The Morgan fingerprint density at radius 2 is 1.90 bits per heavy atom. The zero-order valence-corrected chi connectivity index (χ0v) is 18.1. The van der Waals surface area contributed by atoms with Gasteiger partial charge in [-0.1, -0.05) is 12.1 Å².